The van der Waals surface area contributed by atoms with Gasteiger partial charge in [0.15, 0.2) is 0 Å². The first-order chi connectivity index (χ1) is 12.5. The van der Waals surface area contributed by atoms with Gasteiger partial charge in [0.2, 0.25) is 0 Å². The summed E-state index contributed by atoms with van der Waals surface area (Å²) in [6, 6.07) is 5.12. The second-order valence-corrected chi connectivity index (χ2v) is 9.75. The minimum atomic E-state index is -0.543. The fourth-order valence-corrected chi connectivity index (χ4v) is 6.52. The molecule has 4 saturated carbocycles. The molecule has 4 aliphatic rings. The van der Waals surface area contributed by atoms with Crippen LogP contribution in [-0.4, -0.2) is 30.9 Å². The number of aliphatic hydroxyl groups is 1. The normalized spacial score (nSPS) is 33.4. The van der Waals surface area contributed by atoms with E-state index in [1.54, 1.807) is 18.2 Å². The van der Waals surface area contributed by atoms with Gasteiger partial charge < -0.3 is 15.2 Å². The SMILES string of the molecule is O[C@H](CNCCC12CC3CC(CC(C3)C1)C2)COc1ccc(Cl)cc1Cl. The highest BCUT2D eigenvalue weighted by Crippen LogP contribution is 2.61. The van der Waals surface area contributed by atoms with Crippen molar-refractivity contribution in [3.8, 4) is 5.75 Å². The number of halogens is 2. The maximum Gasteiger partial charge on any atom is 0.138 e. The summed E-state index contributed by atoms with van der Waals surface area (Å²) >= 11 is 12.0. The first-order valence-corrected chi connectivity index (χ1v) is 10.7. The molecule has 0 saturated heterocycles. The molecule has 0 spiro atoms. The van der Waals surface area contributed by atoms with Gasteiger partial charge in [-0.25, -0.2) is 0 Å². The number of benzene rings is 1. The molecule has 0 unspecified atom stereocenters. The fourth-order valence-electron chi connectivity index (χ4n) is 6.06. The molecule has 0 heterocycles. The number of rotatable bonds is 8. The molecule has 1 atom stereocenters. The summed E-state index contributed by atoms with van der Waals surface area (Å²) in [5, 5.41) is 14.6. The molecule has 0 aromatic heterocycles. The summed E-state index contributed by atoms with van der Waals surface area (Å²) in [5.41, 5.74) is 0.597. The second-order valence-electron chi connectivity index (χ2n) is 8.91. The van der Waals surface area contributed by atoms with Gasteiger partial charge in [0, 0.05) is 11.6 Å². The van der Waals surface area contributed by atoms with E-state index < -0.39 is 6.10 Å². The zero-order chi connectivity index (χ0) is 18.1. The molecule has 0 amide bonds. The average Bonchev–Trinajstić information content (AvgIpc) is 2.57. The smallest absolute Gasteiger partial charge is 0.138 e. The van der Waals surface area contributed by atoms with Crippen molar-refractivity contribution < 1.29 is 9.84 Å². The number of nitrogens with one attached hydrogen (secondary N) is 1. The van der Waals surface area contributed by atoms with E-state index in [0.29, 0.717) is 27.8 Å². The van der Waals surface area contributed by atoms with Crippen LogP contribution in [0.2, 0.25) is 10.0 Å². The van der Waals surface area contributed by atoms with Crippen LogP contribution in [0.25, 0.3) is 0 Å². The van der Waals surface area contributed by atoms with E-state index in [1.807, 2.05) is 0 Å². The van der Waals surface area contributed by atoms with Crippen molar-refractivity contribution in [3.63, 3.8) is 0 Å². The summed E-state index contributed by atoms with van der Waals surface area (Å²) in [7, 11) is 0. The number of aliphatic hydroxyl groups excluding tert-OH is 1. The van der Waals surface area contributed by atoms with Gasteiger partial charge in [-0.3, -0.25) is 0 Å². The molecule has 26 heavy (non-hydrogen) atoms. The van der Waals surface area contributed by atoms with Gasteiger partial charge >= 0.3 is 0 Å². The Bertz CT molecular complexity index is 601. The van der Waals surface area contributed by atoms with Gasteiger partial charge in [0.25, 0.3) is 0 Å². The van der Waals surface area contributed by atoms with Gasteiger partial charge in [0.1, 0.15) is 18.5 Å². The Labute approximate surface area is 166 Å². The molecule has 144 valence electrons. The lowest BCUT2D eigenvalue weighted by atomic mass is 9.49. The van der Waals surface area contributed by atoms with E-state index in [9.17, 15) is 5.11 Å². The zero-order valence-electron chi connectivity index (χ0n) is 15.2. The maximum absolute atomic E-state index is 10.2. The highest BCUT2D eigenvalue weighted by molar-refractivity contribution is 6.35. The second kappa shape index (κ2) is 7.87. The van der Waals surface area contributed by atoms with E-state index >= 15 is 0 Å². The quantitative estimate of drug-likeness (QED) is 0.610. The summed E-state index contributed by atoms with van der Waals surface area (Å²) in [5.74, 6) is 3.57. The number of ether oxygens (including phenoxy) is 1. The third-order valence-electron chi connectivity index (χ3n) is 6.70. The molecule has 3 nitrogen and oxygen atoms in total. The Morgan fingerprint density at radius 1 is 1.12 bits per heavy atom. The summed E-state index contributed by atoms with van der Waals surface area (Å²) in [4.78, 5) is 0. The van der Waals surface area contributed by atoms with Crippen LogP contribution < -0.4 is 10.1 Å². The van der Waals surface area contributed by atoms with Crippen molar-refractivity contribution >= 4 is 23.2 Å². The van der Waals surface area contributed by atoms with Crippen LogP contribution >= 0.6 is 23.2 Å². The molecule has 2 N–H and O–H groups in total. The third-order valence-corrected chi connectivity index (χ3v) is 7.23. The summed E-state index contributed by atoms with van der Waals surface area (Å²) < 4.78 is 5.60. The molecule has 4 aliphatic carbocycles. The van der Waals surface area contributed by atoms with E-state index in [4.69, 9.17) is 27.9 Å². The Balaban J connectivity index is 1.17. The molecule has 5 heteroatoms. The van der Waals surface area contributed by atoms with Crippen LogP contribution in [0.5, 0.6) is 5.75 Å². The Morgan fingerprint density at radius 2 is 1.77 bits per heavy atom. The third kappa shape index (κ3) is 4.32. The van der Waals surface area contributed by atoms with E-state index in [2.05, 4.69) is 5.32 Å². The van der Waals surface area contributed by atoms with Crippen LogP contribution in [-0.2, 0) is 0 Å². The minimum absolute atomic E-state index is 0.228. The predicted molar refractivity (Wildman–Crippen MR) is 106 cm³/mol. The molecular weight excluding hydrogens is 369 g/mol. The molecular formula is C21H29Cl2NO2. The molecule has 0 radical (unpaired) electrons. The van der Waals surface area contributed by atoms with Crippen molar-refractivity contribution in [2.75, 3.05) is 19.7 Å². The van der Waals surface area contributed by atoms with Gasteiger partial charge in [-0.05, 0) is 92.9 Å². The zero-order valence-corrected chi connectivity index (χ0v) is 16.7. The van der Waals surface area contributed by atoms with Crippen molar-refractivity contribution in [2.24, 2.45) is 23.2 Å². The van der Waals surface area contributed by atoms with Gasteiger partial charge in [0.05, 0.1) is 5.02 Å². The lowest BCUT2D eigenvalue weighted by Crippen LogP contribution is -2.47. The first kappa shape index (κ1) is 18.9. The molecule has 4 fully saturated rings. The lowest BCUT2D eigenvalue weighted by Gasteiger charge is -2.57. The minimum Gasteiger partial charge on any atom is -0.489 e. The molecule has 1 aromatic carbocycles. The van der Waals surface area contributed by atoms with E-state index in [0.717, 1.165) is 24.3 Å². The highest BCUT2D eigenvalue weighted by Gasteiger charge is 2.50. The molecule has 0 aliphatic heterocycles. The fraction of sp³-hybridized carbons (Fsp3) is 0.714. The lowest BCUT2D eigenvalue weighted by molar-refractivity contribution is -0.0570. The first-order valence-electron chi connectivity index (χ1n) is 9.98. The Hall–Kier alpha value is -0.480. The Kier molecular flexibility index (Phi) is 5.71. The molecule has 4 bridgehead atoms. The predicted octanol–water partition coefficient (Wildman–Crippen LogP) is 4.93. The number of hydrogen-bond donors (Lipinski definition) is 2. The van der Waals surface area contributed by atoms with Crippen molar-refractivity contribution in [3.05, 3.63) is 28.2 Å². The standard InChI is InChI=1S/C21H29Cl2NO2/c22-17-1-2-20(19(23)8-17)26-13-18(25)12-24-4-3-21-9-14-5-15(10-21)7-16(6-14)11-21/h1-2,8,14-16,18,24-25H,3-7,9-13H2/t14?,15?,16?,18-,21?/m1/s1. The van der Waals surface area contributed by atoms with Crippen molar-refractivity contribution in [1.29, 1.82) is 0 Å². The monoisotopic (exact) mass is 397 g/mol. The van der Waals surface area contributed by atoms with Gasteiger partial charge in [-0.2, -0.15) is 0 Å². The summed E-state index contributed by atoms with van der Waals surface area (Å²) in [6.07, 6.45) is 9.54. The van der Waals surface area contributed by atoms with Crippen LogP contribution in [0, 0.1) is 23.2 Å². The molecule has 5 rings (SSSR count). The van der Waals surface area contributed by atoms with Gasteiger partial charge in [-0.1, -0.05) is 23.2 Å². The Morgan fingerprint density at radius 3 is 2.38 bits per heavy atom. The largest absolute Gasteiger partial charge is 0.489 e. The van der Waals surface area contributed by atoms with E-state index in [1.165, 1.54) is 44.9 Å². The van der Waals surface area contributed by atoms with Crippen molar-refractivity contribution in [2.45, 2.75) is 51.0 Å². The average molecular weight is 398 g/mol. The van der Waals surface area contributed by atoms with E-state index in [-0.39, 0.29) is 6.61 Å². The highest BCUT2D eigenvalue weighted by atomic mass is 35.5. The topological polar surface area (TPSA) is 41.5 Å². The molecule has 1 aromatic rings. The van der Waals surface area contributed by atoms with Crippen LogP contribution in [0.3, 0.4) is 0 Å². The van der Waals surface area contributed by atoms with Crippen molar-refractivity contribution in [1.82, 2.24) is 5.32 Å². The van der Waals surface area contributed by atoms with Crippen LogP contribution in [0.4, 0.5) is 0 Å². The number of hydrogen-bond acceptors (Lipinski definition) is 3. The van der Waals surface area contributed by atoms with Gasteiger partial charge in [-0.15, -0.1) is 0 Å². The maximum atomic E-state index is 10.2. The van der Waals surface area contributed by atoms with Crippen LogP contribution in [0.15, 0.2) is 18.2 Å². The van der Waals surface area contributed by atoms with Crippen LogP contribution in [0.1, 0.15) is 44.9 Å². The summed E-state index contributed by atoms with van der Waals surface area (Å²) in [6.45, 7) is 1.77.